The average Bonchev–Trinajstić information content (AvgIpc) is 2.82. The highest BCUT2D eigenvalue weighted by Gasteiger charge is 2.74. The van der Waals surface area contributed by atoms with Gasteiger partial charge in [0.05, 0.1) is 6.04 Å². The third-order valence-electron chi connectivity index (χ3n) is 4.92. The van der Waals surface area contributed by atoms with Gasteiger partial charge in [-0.25, -0.2) is 9.98 Å². The summed E-state index contributed by atoms with van der Waals surface area (Å²) in [6.45, 7) is 2.04. The van der Waals surface area contributed by atoms with Crippen LogP contribution in [-0.2, 0) is 4.79 Å². The van der Waals surface area contributed by atoms with Crippen molar-refractivity contribution in [2.24, 2.45) is 27.2 Å². The van der Waals surface area contributed by atoms with E-state index in [0.717, 1.165) is 0 Å². The van der Waals surface area contributed by atoms with Crippen molar-refractivity contribution in [2.75, 3.05) is 6.54 Å². The molecule has 3 atom stereocenters. The van der Waals surface area contributed by atoms with E-state index >= 15 is 0 Å². The zero-order valence-electron chi connectivity index (χ0n) is 12.3. The van der Waals surface area contributed by atoms with E-state index < -0.39 is 28.9 Å². The normalized spacial score (nSPS) is 38.7. The summed E-state index contributed by atoms with van der Waals surface area (Å²) in [4.78, 5) is 21.3. The minimum Gasteiger partial charge on any atom is -0.370 e. The molecule has 9 N–H and O–H groups in total. The van der Waals surface area contributed by atoms with Crippen LogP contribution in [0.5, 0.6) is 0 Å². The highest BCUT2D eigenvalue weighted by atomic mass is 16.5. The van der Waals surface area contributed by atoms with Gasteiger partial charge in [-0.05, 0) is 13.3 Å². The van der Waals surface area contributed by atoms with E-state index in [1.807, 2.05) is 0 Å². The van der Waals surface area contributed by atoms with Crippen molar-refractivity contribution in [3.05, 3.63) is 0 Å². The molecule has 0 radical (unpaired) electrons. The lowest BCUT2D eigenvalue weighted by molar-refractivity contribution is -0.227. The standard InChI is InChI=1S/C12H21N7O3/c1-10-6(2-3-7(13)20)16-9(15)19-5-4-11(21,22)12(10,19)18-8(14)17-10/h6,21-22H,2-5H2,1H3,(H2,13,20)(H2,15,16)(H3,14,17,18)/t6-,10?,12?/m0/s1. The number of aliphatic imine (C=N–C) groups is 2. The van der Waals surface area contributed by atoms with Crippen molar-refractivity contribution in [1.29, 1.82) is 0 Å². The minimum atomic E-state index is -2.12. The molecule has 122 valence electrons. The lowest BCUT2D eigenvalue weighted by Crippen LogP contribution is -2.78. The maximum atomic E-state index is 11.1. The molecule has 3 rings (SSSR count). The molecule has 3 aliphatic heterocycles. The van der Waals surface area contributed by atoms with Gasteiger partial charge >= 0.3 is 0 Å². The molecule has 0 saturated carbocycles. The van der Waals surface area contributed by atoms with Crippen molar-refractivity contribution >= 4 is 17.8 Å². The van der Waals surface area contributed by atoms with Crippen LogP contribution in [0.1, 0.15) is 26.2 Å². The van der Waals surface area contributed by atoms with Crippen molar-refractivity contribution in [2.45, 2.75) is 49.2 Å². The number of hydrogen-bond donors (Lipinski definition) is 6. The zero-order chi connectivity index (χ0) is 16.3. The Morgan fingerprint density at radius 2 is 2.18 bits per heavy atom. The van der Waals surface area contributed by atoms with E-state index in [-0.39, 0.29) is 24.8 Å². The zero-order valence-corrected chi connectivity index (χ0v) is 12.3. The minimum absolute atomic E-state index is 0.0554. The molecule has 0 aromatic heterocycles. The second kappa shape index (κ2) is 4.23. The molecular formula is C12H21N7O3. The number of guanidine groups is 2. The van der Waals surface area contributed by atoms with E-state index in [2.05, 4.69) is 15.3 Å². The number of nitrogens with zero attached hydrogens (tertiary/aromatic N) is 3. The summed E-state index contributed by atoms with van der Waals surface area (Å²) in [6, 6.07) is -0.530. The summed E-state index contributed by atoms with van der Waals surface area (Å²) >= 11 is 0. The Morgan fingerprint density at radius 3 is 2.82 bits per heavy atom. The van der Waals surface area contributed by atoms with Crippen LogP contribution in [0.25, 0.3) is 0 Å². The fourth-order valence-electron chi connectivity index (χ4n) is 3.92. The number of primary amides is 1. The van der Waals surface area contributed by atoms with Crippen LogP contribution in [-0.4, -0.2) is 62.5 Å². The topological polar surface area (TPSA) is 176 Å². The number of nitrogens with two attached hydrogens (primary N) is 3. The third-order valence-corrected chi connectivity index (χ3v) is 4.92. The fourth-order valence-corrected chi connectivity index (χ4v) is 3.92. The Balaban J connectivity index is 2.11. The Kier molecular flexibility index (Phi) is 2.86. The average molecular weight is 311 g/mol. The predicted molar refractivity (Wildman–Crippen MR) is 78.2 cm³/mol. The smallest absolute Gasteiger partial charge is 0.217 e. The van der Waals surface area contributed by atoms with Crippen molar-refractivity contribution in [1.82, 2.24) is 10.2 Å². The number of carbonyl (C=O) groups excluding carboxylic acids is 1. The maximum Gasteiger partial charge on any atom is 0.217 e. The largest absolute Gasteiger partial charge is 0.370 e. The quantitative estimate of drug-likeness (QED) is 0.296. The maximum absolute atomic E-state index is 11.1. The lowest BCUT2D eigenvalue weighted by atomic mass is 9.73. The van der Waals surface area contributed by atoms with Crippen LogP contribution in [0.2, 0.25) is 0 Å². The van der Waals surface area contributed by atoms with Gasteiger partial charge in [-0.15, -0.1) is 0 Å². The van der Waals surface area contributed by atoms with E-state index in [1.54, 1.807) is 11.8 Å². The number of amides is 1. The molecule has 1 saturated heterocycles. The predicted octanol–water partition coefficient (Wildman–Crippen LogP) is -3.29. The summed E-state index contributed by atoms with van der Waals surface area (Å²) in [6.07, 6.45) is 0.451. The summed E-state index contributed by atoms with van der Waals surface area (Å²) in [5, 5.41) is 24.1. The first kappa shape index (κ1) is 14.9. The van der Waals surface area contributed by atoms with E-state index in [9.17, 15) is 15.0 Å². The first-order valence-electron chi connectivity index (χ1n) is 7.11. The van der Waals surface area contributed by atoms with Gasteiger partial charge in [0.1, 0.15) is 5.54 Å². The summed E-state index contributed by atoms with van der Waals surface area (Å²) in [5.74, 6) is -2.36. The van der Waals surface area contributed by atoms with Crippen molar-refractivity contribution < 1.29 is 15.0 Å². The van der Waals surface area contributed by atoms with E-state index in [0.29, 0.717) is 13.0 Å². The molecule has 22 heavy (non-hydrogen) atoms. The first-order valence-corrected chi connectivity index (χ1v) is 7.11. The molecular weight excluding hydrogens is 290 g/mol. The second-order valence-corrected chi connectivity index (χ2v) is 6.22. The first-order chi connectivity index (χ1) is 10.1. The van der Waals surface area contributed by atoms with Gasteiger partial charge in [0.15, 0.2) is 11.9 Å². The molecule has 10 heteroatoms. The van der Waals surface area contributed by atoms with Crippen LogP contribution < -0.4 is 22.5 Å². The number of nitrogens with one attached hydrogen (secondary N) is 1. The summed E-state index contributed by atoms with van der Waals surface area (Å²) in [5.41, 5.74) is 14.5. The Morgan fingerprint density at radius 1 is 1.50 bits per heavy atom. The fraction of sp³-hybridized carbons (Fsp3) is 0.750. The van der Waals surface area contributed by atoms with Gasteiger partial charge in [0.25, 0.3) is 0 Å². The van der Waals surface area contributed by atoms with Crippen LogP contribution in [0.15, 0.2) is 9.98 Å². The van der Waals surface area contributed by atoms with Crippen molar-refractivity contribution in [3.63, 3.8) is 0 Å². The van der Waals surface area contributed by atoms with E-state index in [1.165, 1.54) is 0 Å². The molecule has 0 aliphatic carbocycles. The number of hydrogen-bond acceptors (Lipinski definition) is 9. The molecule has 0 bridgehead atoms. The van der Waals surface area contributed by atoms with Crippen molar-refractivity contribution in [3.8, 4) is 0 Å². The highest BCUT2D eigenvalue weighted by molar-refractivity contribution is 5.88. The number of rotatable bonds is 3. The molecule has 1 amide bonds. The van der Waals surface area contributed by atoms with Crippen LogP contribution >= 0.6 is 0 Å². The molecule has 3 heterocycles. The summed E-state index contributed by atoms with van der Waals surface area (Å²) in [7, 11) is 0. The van der Waals surface area contributed by atoms with Crippen LogP contribution in [0.3, 0.4) is 0 Å². The third kappa shape index (κ3) is 1.59. The van der Waals surface area contributed by atoms with Gasteiger partial charge in [0.2, 0.25) is 17.4 Å². The Labute approximate surface area is 127 Å². The molecule has 1 spiro atoms. The SMILES string of the molecule is CC12NC(N)=NC13N(CCC3(O)O)C(N)=N[C@H]2CCC(N)=O. The monoisotopic (exact) mass is 311 g/mol. The van der Waals surface area contributed by atoms with Gasteiger partial charge in [-0.1, -0.05) is 0 Å². The Hall–Kier alpha value is -2.07. The number of aliphatic hydroxyl groups is 2. The highest BCUT2D eigenvalue weighted by Crippen LogP contribution is 2.52. The van der Waals surface area contributed by atoms with Gasteiger partial charge in [-0.3, -0.25) is 4.79 Å². The molecule has 10 nitrogen and oxygen atoms in total. The van der Waals surface area contributed by atoms with Gasteiger partial charge < -0.3 is 37.6 Å². The Bertz CT molecular complexity index is 589. The lowest BCUT2D eigenvalue weighted by Gasteiger charge is -2.53. The van der Waals surface area contributed by atoms with E-state index in [4.69, 9.17) is 17.2 Å². The molecule has 0 aromatic carbocycles. The second-order valence-electron chi connectivity index (χ2n) is 6.22. The molecule has 1 fully saturated rings. The van der Waals surface area contributed by atoms with Gasteiger partial charge in [0, 0.05) is 19.4 Å². The molecule has 3 aliphatic rings. The molecule has 2 unspecified atom stereocenters. The van der Waals surface area contributed by atoms with Crippen LogP contribution in [0.4, 0.5) is 0 Å². The number of carbonyl (C=O) groups is 1. The van der Waals surface area contributed by atoms with Crippen LogP contribution in [0, 0.1) is 0 Å². The summed E-state index contributed by atoms with van der Waals surface area (Å²) < 4.78 is 0. The molecule has 0 aromatic rings. The van der Waals surface area contributed by atoms with Gasteiger partial charge in [-0.2, -0.15) is 0 Å².